The van der Waals surface area contributed by atoms with E-state index in [1.165, 1.54) is 16.2 Å². The van der Waals surface area contributed by atoms with E-state index in [0.717, 1.165) is 12.1 Å². The number of benzene rings is 1. The molecule has 2 rings (SSSR count). The lowest BCUT2D eigenvalue weighted by atomic mass is 10.2. The van der Waals surface area contributed by atoms with Crippen LogP contribution in [0, 0.1) is 0 Å². The first-order valence-corrected chi connectivity index (χ1v) is 6.02. The fourth-order valence-electron chi connectivity index (χ4n) is 1.97. The zero-order valence-corrected chi connectivity index (χ0v) is 11.3. The van der Waals surface area contributed by atoms with Gasteiger partial charge in [0.25, 0.3) is 0 Å². The summed E-state index contributed by atoms with van der Waals surface area (Å²) in [6, 6.07) is 1.99. The first-order valence-electron chi connectivity index (χ1n) is 5.23. The maximum absolute atomic E-state index is 12.7. The van der Waals surface area contributed by atoms with Crippen LogP contribution in [0.4, 0.5) is 13.2 Å². The van der Waals surface area contributed by atoms with Gasteiger partial charge in [-0.3, -0.25) is 9.13 Å². The molecule has 0 saturated heterocycles. The smallest absolute Gasteiger partial charge is 0.294 e. The summed E-state index contributed by atoms with van der Waals surface area (Å²) < 4.78 is 41.1. The van der Waals surface area contributed by atoms with Gasteiger partial charge in [0.05, 0.1) is 16.6 Å². The highest BCUT2D eigenvalue weighted by molar-refractivity contribution is 9.10. The first-order chi connectivity index (χ1) is 8.27. The van der Waals surface area contributed by atoms with Crippen molar-refractivity contribution in [3.63, 3.8) is 0 Å². The average Bonchev–Trinajstić information content (AvgIpc) is 2.50. The van der Waals surface area contributed by atoms with E-state index in [4.69, 9.17) is 0 Å². The van der Waals surface area contributed by atoms with Crippen LogP contribution in [0.3, 0.4) is 0 Å². The monoisotopic (exact) mass is 322 g/mol. The average molecular weight is 323 g/mol. The Hall–Kier alpha value is -1.24. The lowest BCUT2D eigenvalue weighted by Crippen LogP contribution is -2.21. The summed E-state index contributed by atoms with van der Waals surface area (Å²) in [5.74, 6) is 0. The topological polar surface area (TPSA) is 26.9 Å². The number of hydrogen-bond acceptors (Lipinski definition) is 1. The van der Waals surface area contributed by atoms with Gasteiger partial charge in [-0.05, 0) is 35.0 Å². The Morgan fingerprint density at radius 3 is 2.44 bits per heavy atom. The molecule has 0 aliphatic carbocycles. The molecule has 0 spiro atoms. The Morgan fingerprint density at radius 1 is 1.33 bits per heavy atom. The standard InChI is InChI=1S/C11H10BrF3N2O/c1-3-17-8-5-6(11(13,14)15)4-7(12)9(8)16(2)10(17)18/h4-5H,3H2,1-2H3. The molecule has 3 nitrogen and oxygen atoms in total. The van der Waals surface area contributed by atoms with E-state index in [1.807, 2.05) is 0 Å². The minimum absolute atomic E-state index is 0.263. The molecule has 1 heterocycles. The molecule has 0 fully saturated rings. The van der Waals surface area contributed by atoms with Gasteiger partial charge in [0, 0.05) is 18.1 Å². The molecule has 0 unspecified atom stereocenters. The second kappa shape index (κ2) is 4.15. The van der Waals surface area contributed by atoms with E-state index in [-0.39, 0.29) is 15.7 Å². The molecule has 0 aliphatic heterocycles. The lowest BCUT2D eigenvalue weighted by molar-refractivity contribution is -0.137. The van der Waals surface area contributed by atoms with Crippen LogP contribution >= 0.6 is 15.9 Å². The summed E-state index contributed by atoms with van der Waals surface area (Å²) in [7, 11) is 1.54. The molecular weight excluding hydrogens is 313 g/mol. The third-order valence-corrected chi connectivity index (χ3v) is 3.44. The molecule has 98 valence electrons. The predicted octanol–water partition coefficient (Wildman–Crippen LogP) is 3.14. The van der Waals surface area contributed by atoms with Gasteiger partial charge in [0.1, 0.15) is 0 Å². The molecule has 0 radical (unpaired) electrons. The Bertz CT molecular complexity index is 669. The number of aryl methyl sites for hydroxylation is 2. The summed E-state index contributed by atoms with van der Waals surface area (Å²) in [4.78, 5) is 11.9. The third kappa shape index (κ3) is 1.86. The van der Waals surface area contributed by atoms with Crippen LogP contribution in [0.25, 0.3) is 11.0 Å². The van der Waals surface area contributed by atoms with Crippen LogP contribution in [-0.2, 0) is 19.8 Å². The second-order valence-corrected chi connectivity index (χ2v) is 4.76. The van der Waals surface area contributed by atoms with Crippen LogP contribution in [0.2, 0.25) is 0 Å². The summed E-state index contributed by atoms with van der Waals surface area (Å²) in [6.07, 6.45) is -4.43. The molecule has 0 aliphatic rings. The van der Waals surface area contributed by atoms with E-state index in [1.54, 1.807) is 6.92 Å². The summed E-state index contributed by atoms with van der Waals surface area (Å²) in [5.41, 5.74) is -0.344. The van der Waals surface area contributed by atoms with Gasteiger partial charge in [-0.15, -0.1) is 0 Å². The molecule has 2 aromatic rings. The number of halogens is 4. The predicted molar refractivity (Wildman–Crippen MR) is 65.6 cm³/mol. The maximum atomic E-state index is 12.7. The quantitative estimate of drug-likeness (QED) is 0.792. The Kier molecular flexibility index (Phi) is 3.04. The summed E-state index contributed by atoms with van der Waals surface area (Å²) in [5, 5.41) is 0. The molecule has 1 aromatic heterocycles. The summed E-state index contributed by atoms with van der Waals surface area (Å²) >= 11 is 3.09. The Morgan fingerprint density at radius 2 is 1.94 bits per heavy atom. The van der Waals surface area contributed by atoms with Gasteiger partial charge in [-0.2, -0.15) is 13.2 Å². The molecule has 1 aromatic carbocycles. The van der Waals surface area contributed by atoms with Gasteiger partial charge in [-0.25, -0.2) is 4.79 Å². The highest BCUT2D eigenvalue weighted by atomic mass is 79.9. The van der Waals surface area contributed by atoms with Crippen molar-refractivity contribution in [1.82, 2.24) is 9.13 Å². The molecule has 18 heavy (non-hydrogen) atoms. The van der Waals surface area contributed by atoms with Gasteiger partial charge in [-0.1, -0.05) is 0 Å². The van der Waals surface area contributed by atoms with Crippen molar-refractivity contribution in [1.29, 1.82) is 0 Å². The number of aromatic nitrogens is 2. The van der Waals surface area contributed by atoms with E-state index in [0.29, 0.717) is 12.1 Å². The minimum Gasteiger partial charge on any atom is -0.294 e. The van der Waals surface area contributed by atoms with E-state index in [9.17, 15) is 18.0 Å². The van der Waals surface area contributed by atoms with Crippen molar-refractivity contribution in [2.24, 2.45) is 7.05 Å². The second-order valence-electron chi connectivity index (χ2n) is 3.91. The van der Waals surface area contributed by atoms with Crippen LogP contribution in [0.15, 0.2) is 21.4 Å². The van der Waals surface area contributed by atoms with Crippen molar-refractivity contribution in [2.75, 3.05) is 0 Å². The first kappa shape index (κ1) is 13.2. The fraction of sp³-hybridized carbons (Fsp3) is 0.364. The highest BCUT2D eigenvalue weighted by Gasteiger charge is 2.32. The molecule has 0 amide bonds. The van der Waals surface area contributed by atoms with Crippen LogP contribution < -0.4 is 5.69 Å². The Labute approximate surface area is 109 Å². The lowest BCUT2D eigenvalue weighted by Gasteiger charge is -2.08. The molecule has 0 bridgehead atoms. The fourth-order valence-corrected chi connectivity index (χ4v) is 2.69. The van der Waals surface area contributed by atoms with Gasteiger partial charge >= 0.3 is 11.9 Å². The van der Waals surface area contributed by atoms with Crippen LogP contribution in [0.5, 0.6) is 0 Å². The van der Waals surface area contributed by atoms with Crippen molar-refractivity contribution in [3.8, 4) is 0 Å². The maximum Gasteiger partial charge on any atom is 0.416 e. The number of nitrogens with zero attached hydrogens (tertiary/aromatic N) is 2. The van der Waals surface area contributed by atoms with Crippen LogP contribution in [0.1, 0.15) is 12.5 Å². The largest absolute Gasteiger partial charge is 0.416 e. The van der Waals surface area contributed by atoms with Crippen molar-refractivity contribution in [3.05, 3.63) is 32.7 Å². The van der Waals surface area contributed by atoms with Gasteiger partial charge in [0.2, 0.25) is 0 Å². The van der Waals surface area contributed by atoms with Gasteiger partial charge in [0.15, 0.2) is 0 Å². The van der Waals surface area contributed by atoms with E-state index < -0.39 is 11.7 Å². The SMILES string of the molecule is CCn1c(=O)n(C)c2c(Br)cc(C(F)(F)F)cc21. The van der Waals surface area contributed by atoms with Crippen LogP contribution in [-0.4, -0.2) is 9.13 Å². The van der Waals surface area contributed by atoms with Crippen molar-refractivity contribution in [2.45, 2.75) is 19.6 Å². The molecule has 0 N–H and O–H groups in total. The zero-order valence-electron chi connectivity index (χ0n) is 9.68. The van der Waals surface area contributed by atoms with E-state index >= 15 is 0 Å². The summed E-state index contributed by atoms with van der Waals surface area (Å²) in [6.45, 7) is 2.04. The van der Waals surface area contributed by atoms with E-state index in [2.05, 4.69) is 15.9 Å². The molecule has 0 saturated carbocycles. The molecule has 7 heteroatoms. The highest BCUT2D eigenvalue weighted by Crippen LogP contribution is 2.34. The third-order valence-electron chi connectivity index (χ3n) is 2.83. The van der Waals surface area contributed by atoms with Gasteiger partial charge < -0.3 is 0 Å². The number of rotatable bonds is 1. The van der Waals surface area contributed by atoms with Crippen molar-refractivity contribution >= 4 is 27.0 Å². The number of fused-ring (bicyclic) bond motifs is 1. The molecular formula is C11H10BrF3N2O. The zero-order chi connectivity index (χ0) is 13.7. The van der Waals surface area contributed by atoms with Crippen molar-refractivity contribution < 1.29 is 13.2 Å². The number of hydrogen-bond donors (Lipinski definition) is 0. The number of imidazole rings is 1. The number of alkyl halides is 3. The molecule has 0 atom stereocenters. The Balaban J connectivity index is 2.92. The normalized spacial score (nSPS) is 12.3. The minimum atomic E-state index is -4.43.